The summed E-state index contributed by atoms with van der Waals surface area (Å²) in [5.41, 5.74) is -7.16. The van der Waals surface area contributed by atoms with E-state index in [1.54, 1.807) is 4.72 Å². The zero-order valence-electron chi connectivity index (χ0n) is 42.7. The molecular formula is C51H42F6N12O10S2. The van der Waals surface area contributed by atoms with Gasteiger partial charge in [0.1, 0.15) is 21.2 Å². The van der Waals surface area contributed by atoms with Crippen molar-refractivity contribution < 1.29 is 52.7 Å². The van der Waals surface area contributed by atoms with Gasteiger partial charge in [-0.25, -0.2) is 60.1 Å². The van der Waals surface area contributed by atoms with Crippen LogP contribution in [0, 0.1) is 27.0 Å². The number of aromatic nitrogens is 8. The van der Waals surface area contributed by atoms with Crippen molar-refractivity contribution in [3.63, 3.8) is 0 Å². The van der Waals surface area contributed by atoms with E-state index in [0.29, 0.717) is 28.0 Å². The summed E-state index contributed by atoms with van der Waals surface area (Å²) < 4.78 is 144. The molecule has 0 aliphatic heterocycles. The van der Waals surface area contributed by atoms with E-state index in [1.165, 1.54) is 74.5 Å². The topological polar surface area (TPSA) is 265 Å². The van der Waals surface area contributed by atoms with Gasteiger partial charge in [-0.1, -0.05) is 49.7 Å². The molecule has 81 heavy (non-hydrogen) atoms. The van der Waals surface area contributed by atoms with Crippen LogP contribution in [-0.2, 0) is 51.2 Å². The Kier molecular flexibility index (Phi) is 16.5. The van der Waals surface area contributed by atoms with Gasteiger partial charge < -0.3 is 4.74 Å². The first-order valence-corrected chi connectivity index (χ1v) is 26.3. The summed E-state index contributed by atoms with van der Waals surface area (Å²) >= 11 is 0. The van der Waals surface area contributed by atoms with Gasteiger partial charge in [-0.2, -0.15) is 36.5 Å². The smallest absolute Gasteiger partial charge is 0.421 e. The molecule has 0 saturated carbocycles. The zero-order valence-corrected chi connectivity index (χ0v) is 44.4. The predicted octanol–water partition coefficient (Wildman–Crippen LogP) is 7.40. The minimum absolute atomic E-state index is 0.0566. The van der Waals surface area contributed by atoms with Crippen molar-refractivity contribution in [3.8, 4) is 45.3 Å². The molecule has 0 aliphatic rings. The van der Waals surface area contributed by atoms with E-state index in [2.05, 4.69) is 19.9 Å². The Morgan fingerprint density at radius 1 is 0.642 bits per heavy atom. The maximum absolute atomic E-state index is 13.7. The van der Waals surface area contributed by atoms with Crippen LogP contribution in [0.1, 0.15) is 42.3 Å². The third-order valence-electron chi connectivity index (χ3n) is 12.2. The Balaban J connectivity index is 0.000000237. The Hall–Kier alpha value is -9.65. The molecule has 420 valence electrons. The van der Waals surface area contributed by atoms with Gasteiger partial charge in [-0.3, -0.25) is 27.9 Å². The molecule has 1 amide bonds. The fourth-order valence-electron chi connectivity index (χ4n) is 8.19. The lowest BCUT2D eigenvalue weighted by Gasteiger charge is -2.18. The van der Waals surface area contributed by atoms with E-state index in [0.717, 1.165) is 75.3 Å². The Morgan fingerprint density at radius 2 is 1.04 bits per heavy atom. The number of hydrogen-bond acceptors (Lipinski definition) is 12. The lowest BCUT2D eigenvalue weighted by atomic mass is 10.1. The Labute approximate surface area is 454 Å². The first-order valence-electron chi connectivity index (χ1n) is 23.3. The van der Waals surface area contributed by atoms with E-state index in [-0.39, 0.29) is 63.4 Å². The number of ether oxygens (including phenoxy) is 1. The highest BCUT2D eigenvalue weighted by Gasteiger charge is 2.35. The third kappa shape index (κ3) is 11.9. The van der Waals surface area contributed by atoms with E-state index in [1.807, 2.05) is 6.92 Å². The molecule has 30 heteroatoms. The van der Waals surface area contributed by atoms with Crippen LogP contribution in [0.15, 0.2) is 138 Å². The van der Waals surface area contributed by atoms with Gasteiger partial charge in [0.25, 0.3) is 21.1 Å². The molecule has 0 aliphatic carbocycles. The molecular weight excluding hydrogens is 1120 g/mol. The van der Waals surface area contributed by atoms with Gasteiger partial charge in [0.05, 0.1) is 77.1 Å². The number of halogens is 6. The average Bonchev–Trinajstić information content (AvgIpc) is 4.18. The molecule has 0 fully saturated rings. The highest BCUT2D eigenvalue weighted by molar-refractivity contribution is 7.90. The van der Waals surface area contributed by atoms with Crippen LogP contribution in [0.2, 0.25) is 0 Å². The molecule has 0 radical (unpaired) electrons. The van der Waals surface area contributed by atoms with E-state index < -0.39 is 93.2 Å². The number of amides is 1. The molecule has 0 spiro atoms. The summed E-state index contributed by atoms with van der Waals surface area (Å²) in [6.45, 7) is 18.6. The lowest BCUT2D eigenvalue weighted by molar-refractivity contribution is -0.138. The molecule has 0 saturated heterocycles. The minimum atomic E-state index is -4.78. The molecule has 0 atom stereocenters. The number of rotatable bonds is 12. The molecule has 4 heterocycles. The van der Waals surface area contributed by atoms with Crippen molar-refractivity contribution in [2.45, 2.75) is 55.8 Å². The van der Waals surface area contributed by atoms with Crippen LogP contribution < -0.4 is 32.4 Å². The van der Waals surface area contributed by atoms with Gasteiger partial charge in [0.2, 0.25) is 10.0 Å². The first kappa shape index (κ1) is 59.0. The monoisotopic (exact) mass is 1160 g/mol. The summed E-state index contributed by atoms with van der Waals surface area (Å²) in [7, 11) is -7.04. The number of carbonyl (C=O) groups excluding carboxylic acids is 1. The molecule has 0 bridgehead atoms. The molecule has 8 rings (SSSR count). The highest BCUT2D eigenvalue weighted by atomic mass is 32.2. The second-order valence-electron chi connectivity index (χ2n) is 17.4. The van der Waals surface area contributed by atoms with Crippen LogP contribution in [0.3, 0.4) is 0 Å². The van der Waals surface area contributed by atoms with Crippen molar-refractivity contribution in [3.05, 3.63) is 196 Å². The maximum Gasteiger partial charge on any atom is 0.421 e. The summed E-state index contributed by atoms with van der Waals surface area (Å²) in [6.07, 6.45) is -7.78. The largest absolute Gasteiger partial charge is 0.449 e. The van der Waals surface area contributed by atoms with E-state index in [9.17, 15) is 67.2 Å². The van der Waals surface area contributed by atoms with Crippen LogP contribution in [0.25, 0.3) is 55.0 Å². The number of carbonyl (C=O) groups is 1. The minimum Gasteiger partial charge on any atom is -0.449 e. The van der Waals surface area contributed by atoms with Crippen LogP contribution >= 0.6 is 0 Å². The second-order valence-corrected chi connectivity index (χ2v) is 20.6. The quantitative estimate of drug-likeness (QED) is 0.0689. The molecule has 3 N–H and O–H groups in total. The summed E-state index contributed by atoms with van der Waals surface area (Å²) in [6, 6.07) is 19.2. The average molecular weight is 1160 g/mol. The summed E-state index contributed by atoms with van der Waals surface area (Å²) in [5, 5.41) is 13.6. The maximum atomic E-state index is 13.7. The normalized spacial score (nSPS) is 11.8. The predicted molar refractivity (Wildman–Crippen MR) is 280 cm³/mol. The molecule has 4 aromatic heterocycles. The van der Waals surface area contributed by atoms with Gasteiger partial charge >= 0.3 is 29.8 Å². The van der Waals surface area contributed by atoms with E-state index >= 15 is 0 Å². The number of nitrogens with zero attached hydrogens (tertiary/aromatic N) is 10. The Morgan fingerprint density at radius 3 is 1.41 bits per heavy atom. The number of nitrogens with one attached hydrogen (secondary N) is 1. The van der Waals surface area contributed by atoms with Gasteiger partial charge in [-0.15, -0.1) is 0 Å². The number of sulfonamides is 2. The van der Waals surface area contributed by atoms with Gasteiger partial charge in [0.15, 0.2) is 11.4 Å². The number of nitrogens with two attached hydrogens (primary N) is 1. The van der Waals surface area contributed by atoms with Crippen molar-refractivity contribution in [2.75, 3.05) is 6.61 Å². The zero-order chi connectivity index (χ0) is 59.7. The number of alkyl halides is 6. The summed E-state index contributed by atoms with van der Waals surface area (Å²) in [4.78, 5) is 71.0. The number of hydrogen-bond donors (Lipinski definition) is 2. The highest BCUT2D eigenvalue weighted by Crippen LogP contribution is 2.35. The number of unbranched alkanes of at least 4 members (excludes halogenated alkanes) is 1. The standard InChI is InChI=1S/C28H25F3N6O6S.C23H17F3N6O4S/c1-5-6-14-43-26(39)34-44(41,42)22-16-33-37(20-12-10-19(32-3)11-13-20)24(22)23-17(2)36(27(40)35(4)25(23)38)21-9-7-8-18(15-21)28(29,30)31;1-13-19(20-18(37(27,35)36)12-29-32(20)16-9-7-15(28-2)8-10-16)21(33)30(3)22(34)31(13)17-6-4-5-14(11-17)23(24,25)26/h7-13,15-16H,5-6,14H2,1-2,4H3,(H,34,39);4-12H,1,3H3,(H2,27,35,36). The SMILES string of the molecule is [C-]#[N+]c1ccc(-n2ncc(S(=O)(=O)NC(=O)OCCCC)c2-c2c(C)n(-c3cccc(C(F)(F)F)c3)c(=O)n(C)c2=O)cc1.[C-]#[N+]c1ccc(-n2ncc(S(N)(=O)=O)c2-c2c(C)n(-c3cccc(C(F)(F)F)c3)c(=O)n(C)c2=O)cc1. The van der Waals surface area contributed by atoms with Crippen molar-refractivity contribution in [1.29, 1.82) is 0 Å². The van der Waals surface area contributed by atoms with Crippen molar-refractivity contribution in [2.24, 2.45) is 19.2 Å². The third-order valence-corrected chi connectivity index (χ3v) is 14.4. The summed E-state index contributed by atoms with van der Waals surface area (Å²) in [5.74, 6) is 0. The molecule has 22 nitrogen and oxygen atoms in total. The van der Waals surface area contributed by atoms with Crippen molar-refractivity contribution >= 4 is 37.5 Å². The van der Waals surface area contributed by atoms with Crippen LogP contribution in [-0.4, -0.2) is 67.4 Å². The van der Waals surface area contributed by atoms with Crippen molar-refractivity contribution in [1.82, 2.24) is 42.6 Å². The van der Waals surface area contributed by atoms with Crippen LogP contribution in [0.4, 0.5) is 42.5 Å². The Bertz CT molecular complexity index is 4380. The number of primary sulfonamides is 1. The first-order chi connectivity index (χ1) is 38.0. The van der Waals surface area contributed by atoms with Gasteiger partial charge in [-0.05, 0) is 80.9 Å². The number of benzene rings is 4. The molecule has 8 aromatic rings. The molecule has 4 aromatic carbocycles. The molecule has 0 unspecified atom stereocenters. The van der Waals surface area contributed by atoms with Gasteiger partial charge in [0, 0.05) is 25.5 Å². The second kappa shape index (κ2) is 22.6. The van der Waals surface area contributed by atoms with E-state index in [4.69, 9.17) is 23.0 Å². The fourth-order valence-corrected chi connectivity index (χ4v) is 9.86. The van der Waals surface area contributed by atoms with Crippen LogP contribution in [0.5, 0.6) is 0 Å². The lowest BCUT2D eigenvalue weighted by Crippen LogP contribution is -2.40. The fraction of sp³-hybridized carbons (Fsp3) is 0.196.